The van der Waals surface area contributed by atoms with Crippen molar-refractivity contribution in [1.29, 1.82) is 0 Å². The average molecular weight is 327 g/mol. The van der Waals surface area contributed by atoms with Crippen LogP contribution >= 0.6 is 0 Å². The lowest BCUT2D eigenvalue weighted by Gasteiger charge is -2.12. The zero-order valence-electron chi connectivity index (χ0n) is 13.7. The van der Waals surface area contributed by atoms with Gasteiger partial charge >= 0.3 is 0 Å². The van der Waals surface area contributed by atoms with Crippen LogP contribution in [0.3, 0.4) is 0 Å². The second-order valence-electron chi connectivity index (χ2n) is 5.90. The van der Waals surface area contributed by atoms with Crippen LogP contribution in [0.2, 0.25) is 0 Å². The molecule has 24 heavy (non-hydrogen) atoms. The van der Waals surface area contributed by atoms with Gasteiger partial charge in [0.2, 0.25) is 0 Å². The molecule has 126 valence electrons. The topological polar surface area (TPSA) is 72.6 Å². The number of ether oxygens (including phenoxy) is 1. The summed E-state index contributed by atoms with van der Waals surface area (Å²) in [5, 5.41) is 9.54. The Bertz CT molecular complexity index is 856. The zero-order valence-corrected chi connectivity index (χ0v) is 13.7. The van der Waals surface area contributed by atoms with Gasteiger partial charge in [-0.25, -0.2) is 4.98 Å². The Morgan fingerprint density at radius 3 is 2.79 bits per heavy atom. The number of aromatic nitrogens is 1. The Balaban J connectivity index is 1.85. The molecule has 0 amide bonds. The lowest BCUT2D eigenvalue weighted by Crippen LogP contribution is -2.07. The summed E-state index contributed by atoms with van der Waals surface area (Å²) >= 11 is 0. The smallest absolute Gasteiger partial charge is 0.186 e. The van der Waals surface area contributed by atoms with E-state index >= 15 is 0 Å². The first-order valence-corrected chi connectivity index (χ1v) is 8.38. The summed E-state index contributed by atoms with van der Waals surface area (Å²) in [5.74, 6) is 0.905. The second-order valence-corrected chi connectivity index (χ2v) is 5.90. The largest absolute Gasteiger partial charge is 0.508 e. The molecule has 0 fully saturated rings. The van der Waals surface area contributed by atoms with Crippen molar-refractivity contribution in [3.05, 3.63) is 40.6 Å². The zero-order chi connectivity index (χ0) is 16.9. The highest BCUT2D eigenvalue weighted by Gasteiger charge is 2.16. The van der Waals surface area contributed by atoms with Crippen molar-refractivity contribution in [2.75, 3.05) is 6.61 Å². The van der Waals surface area contributed by atoms with E-state index in [1.165, 1.54) is 37.5 Å². The minimum Gasteiger partial charge on any atom is -0.508 e. The van der Waals surface area contributed by atoms with Gasteiger partial charge in [-0.2, -0.15) is 0 Å². The third kappa shape index (κ3) is 3.67. The molecule has 3 rings (SSSR count). The number of rotatable bonds is 7. The molecule has 0 saturated heterocycles. The third-order valence-corrected chi connectivity index (χ3v) is 3.91. The molecule has 1 aromatic carbocycles. The maximum absolute atomic E-state index is 11.9. The van der Waals surface area contributed by atoms with Crippen LogP contribution in [0.15, 0.2) is 39.5 Å². The van der Waals surface area contributed by atoms with Gasteiger partial charge < -0.3 is 14.3 Å². The van der Waals surface area contributed by atoms with E-state index < -0.39 is 0 Å². The molecule has 1 N–H and O–H groups in total. The van der Waals surface area contributed by atoms with Crippen LogP contribution < -0.4 is 10.2 Å². The quantitative estimate of drug-likeness (QED) is 0.516. The van der Waals surface area contributed by atoms with Crippen LogP contribution in [0.4, 0.5) is 0 Å². The van der Waals surface area contributed by atoms with Gasteiger partial charge in [-0.15, -0.1) is 0 Å². The molecule has 0 radical (unpaired) electrons. The molecule has 0 bridgehead atoms. The Labute approximate surface area is 140 Å². The number of fused-ring (bicyclic) bond motifs is 2. The van der Waals surface area contributed by atoms with E-state index in [2.05, 4.69) is 11.9 Å². The summed E-state index contributed by atoms with van der Waals surface area (Å²) < 4.78 is 11.5. The van der Waals surface area contributed by atoms with Crippen molar-refractivity contribution in [3.8, 4) is 23.0 Å². The fraction of sp³-hybridized carbons (Fsp3) is 0.368. The monoisotopic (exact) mass is 327 g/mol. The first-order chi connectivity index (χ1) is 11.7. The molecule has 0 saturated carbocycles. The molecular formula is C19H21NO4. The summed E-state index contributed by atoms with van der Waals surface area (Å²) in [7, 11) is 0. The summed E-state index contributed by atoms with van der Waals surface area (Å²) in [5.41, 5.74) is 1.38. The maximum atomic E-state index is 11.9. The van der Waals surface area contributed by atoms with Gasteiger partial charge in [0, 0.05) is 18.2 Å². The van der Waals surface area contributed by atoms with Crippen molar-refractivity contribution >= 4 is 11.1 Å². The molecule has 5 nitrogen and oxygen atoms in total. The molecule has 0 atom stereocenters. The lowest BCUT2D eigenvalue weighted by molar-refractivity contribution is 0.304. The number of nitrogens with zero attached hydrogens (tertiary/aromatic N) is 1. The number of aromatic hydroxyl groups is 1. The van der Waals surface area contributed by atoms with E-state index in [0.29, 0.717) is 34.9 Å². The lowest BCUT2D eigenvalue weighted by atomic mass is 10.1. The summed E-state index contributed by atoms with van der Waals surface area (Å²) in [4.78, 5) is 16.4. The molecule has 5 heteroatoms. The van der Waals surface area contributed by atoms with Crippen molar-refractivity contribution in [2.45, 2.75) is 39.0 Å². The molecule has 1 aromatic rings. The van der Waals surface area contributed by atoms with Crippen molar-refractivity contribution in [1.82, 2.24) is 4.98 Å². The number of hydrogen-bond donors (Lipinski definition) is 1. The number of phenols is 1. The molecule has 0 spiro atoms. The molecule has 1 aliphatic carbocycles. The molecule has 0 aromatic heterocycles. The second kappa shape index (κ2) is 7.34. The van der Waals surface area contributed by atoms with Crippen LogP contribution in [0.25, 0.3) is 22.6 Å². The number of hydrogen-bond acceptors (Lipinski definition) is 5. The summed E-state index contributed by atoms with van der Waals surface area (Å²) in [6, 6.07) is 7.54. The highest BCUT2D eigenvalue weighted by atomic mass is 16.5. The van der Waals surface area contributed by atoms with E-state index in [0.717, 1.165) is 12.8 Å². The molecule has 2 aliphatic rings. The minimum atomic E-state index is -0.187. The maximum Gasteiger partial charge on any atom is 0.186 e. The highest BCUT2D eigenvalue weighted by molar-refractivity contribution is 5.79. The van der Waals surface area contributed by atoms with Crippen molar-refractivity contribution < 1.29 is 14.3 Å². The van der Waals surface area contributed by atoms with Gasteiger partial charge in [-0.05, 0) is 18.6 Å². The molecule has 1 heterocycles. The fourth-order valence-corrected chi connectivity index (χ4v) is 2.66. The van der Waals surface area contributed by atoms with Crippen LogP contribution in [0.1, 0.15) is 39.0 Å². The SMILES string of the molecule is CCCCCCCOc1cc(=O)cc2oc3cc(O)ccc3nc1-2. The van der Waals surface area contributed by atoms with E-state index in [-0.39, 0.29) is 11.2 Å². The molecule has 0 unspecified atom stereocenters. The predicted molar refractivity (Wildman–Crippen MR) is 92.8 cm³/mol. The van der Waals surface area contributed by atoms with Crippen LogP contribution in [0, 0.1) is 0 Å². The fourth-order valence-electron chi connectivity index (χ4n) is 2.66. The van der Waals surface area contributed by atoms with Gasteiger partial charge in [0.05, 0.1) is 6.61 Å². The Morgan fingerprint density at radius 2 is 1.96 bits per heavy atom. The van der Waals surface area contributed by atoms with Gasteiger partial charge in [0.1, 0.15) is 17.0 Å². The summed E-state index contributed by atoms with van der Waals surface area (Å²) in [6.45, 7) is 2.74. The first kappa shape index (κ1) is 16.3. The van der Waals surface area contributed by atoms with E-state index in [4.69, 9.17) is 9.15 Å². The standard InChI is InChI=1S/C19H21NO4/c1-2-3-4-5-6-9-23-17-11-14(22)12-18-19(17)20-15-8-7-13(21)10-16(15)24-18/h7-8,10-12,21H,2-6,9H2,1H3. The number of phenolic OH excluding ortho intramolecular Hbond substituents is 1. The third-order valence-electron chi connectivity index (χ3n) is 3.91. The van der Waals surface area contributed by atoms with Crippen LogP contribution in [-0.4, -0.2) is 16.7 Å². The van der Waals surface area contributed by atoms with Gasteiger partial charge in [0.15, 0.2) is 22.5 Å². The average Bonchev–Trinajstić information content (AvgIpc) is 2.56. The van der Waals surface area contributed by atoms with Crippen molar-refractivity contribution in [2.24, 2.45) is 0 Å². The van der Waals surface area contributed by atoms with Crippen molar-refractivity contribution in [3.63, 3.8) is 0 Å². The summed E-state index contributed by atoms with van der Waals surface area (Å²) in [6.07, 6.45) is 5.70. The normalized spacial score (nSPS) is 11.2. The minimum absolute atomic E-state index is 0.0919. The van der Waals surface area contributed by atoms with E-state index in [1.807, 2.05) is 0 Å². The molecular weight excluding hydrogens is 306 g/mol. The van der Waals surface area contributed by atoms with Gasteiger partial charge in [-0.3, -0.25) is 4.79 Å². The Hall–Kier alpha value is -2.56. The van der Waals surface area contributed by atoms with E-state index in [1.54, 1.807) is 12.1 Å². The van der Waals surface area contributed by atoms with Crippen LogP contribution in [0.5, 0.6) is 11.5 Å². The first-order valence-electron chi connectivity index (χ1n) is 8.38. The Morgan fingerprint density at radius 1 is 1.12 bits per heavy atom. The molecule has 1 aliphatic heterocycles. The van der Waals surface area contributed by atoms with Gasteiger partial charge in [0.25, 0.3) is 0 Å². The Kier molecular flexibility index (Phi) is 4.99. The number of unbranched alkanes of at least 4 members (excludes halogenated alkanes) is 4. The highest BCUT2D eigenvalue weighted by Crippen LogP contribution is 2.32. The number of benzene rings is 2. The van der Waals surface area contributed by atoms with Gasteiger partial charge in [-0.1, -0.05) is 32.6 Å². The van der Waals surface area contributed by atoms with E-state index in [9.17, 15) is 9.90 Å². The predicted octanol–water partition coefficient (Wildman–Crippen LogP) is 4.35. The van der Waals surface area contributed by atoms with Crippen LogP contribution in [-0.2, 0) is 0 Å².